The van der Waals surface area contributed by atoms with Crippen LogP contribution in [0.1, 0.15) is 41.7 Å². The summed E-state index contributed by atoms with van der Waals surface area (Å²) in [7, 11) is 0. The van der Waals surface area contributed by atoms with Gasteiger partial charge in [-0.15, -0.1) is 11.6 Å². The molecule has 0 bridgehead atoms. The van der Waals surface area contributed by atoms with E-state index >= 15 is 0 Å². The summed E-state index contributed by atoms with van der Waals surface area (Å²) < 4.78 is 10.7. The van der Waals surface area contributed by atoms with Crippen LogP contribution in [-0.4, -0.2) is 36.3 Å². The van der Waals surface area contributed by atoms with Crippen LogP contribution >= 0.6 is 11.6 Å². The quantitative estimate of drug-likeness (QED) is 0.670. The Morgan fingerprint density at radius 1 is 1.50 bits per heavy atom. The lowest BCUT2D eigenvalue weighted by atomic mass is 9.90. The molecular weight excluding hydrogens is 328 g/mol. The summed E-state index contributed by atoms with van der Waals surface area (Å²) in [5, 5.41) is 1.01. The van der Waals surface area contributed by atoms with Crippen LogP contribution in [0.3, 0.4) is 0 Å². The van der Waals surface area contributed by atoms with Gasteiger partial charge >= 0.3 is 12.2 Å². The van der Waals surface area contributed by atoms with Crippen LogP contribution in [-0.2, 0) is 9.47 Å². The van der Waals surface area contributed by atoms with E-state index in [-0.39, 0.29) is 18.1 Å². The highest BCUT2D eigenvalue weighted by Gasteiger charge is 2.30. The predicted octanol–water partition coefficient (Wildman–Crippen LogP) is 4.14. The first-order valence-electron chi connectivity index (χ1n) is 8.11. The van der Waals surface area contributed by atoms with Crippen LogP contribution in [0.2, 0.25) is 0 Å². The third kappa shape index (κ3) is 3.72. The highest BCUT2D eigenvalue weighted by Crippen LogP contribution is 2.32. The molecule has 0 aliphatic carbocycles. The second-order valence-electron chi connectivity index (χ2n) is 5.72. The van der Waals surface area contributed by atoms with E-state index in [0.29, 0.717) is 24.8 Å². The number of rotatable bonds is 3. The van der Waals surface area contributed by atoms with Gasteiger partial charge in [-0.2, -0.15) is 0 Å². The van der Waals surface area contributed by atoms with Crippen molar-refractivity contribution in [1.82, 2.24) is 4.98 Å². The minimum Gasteiger partial charge on any atom is -0.461 e. The summed E-state index contributed by atoms with van der Waals surface area (Å²) in [4.78, 5) is 19.2. The van der Waals surface area contributed by atoms with Crippen LogP contribution in [0, 0.1) is 6.07 Å². The number of esters is 1. The molecule has 0 spiro atoms. The number of ether oxygens (including phenoxy) is 2. The minimum atomic E-state index is -0.327. The van der Waals surface area contributed by atoms with Gasteiger partial charge in [-0.05, 0) is 47.9 Å². The number of H-pyrrole nitrogens is 1. The van der Waals surface area contributed by atoms with E-state index in [0.717, 1.165) is 23.7 Å². The average Bonchev–Trinajstić information content (AvgIpc) is 3.04. The molecule has 24 heavy (non-hydrogen) atoms. The van der Waals surface area contributed by atoms with Crippen LogP contribution in [0.15, 0.2) is 24.3 Å². The fourth-order valence-corrected chi connectivity index (χ4v) is 3.10. The van der Waals surface area contributed by atoms with Crippen molar-refractivity contribution in [3.05, 3.63) is 40.4 Å². The van der Waals surface area contributed by atoms with Crippen molar-refractivity contribution in [2.24, 2.45) is 0 Å². The molecule has 0 radical (unpaired) electrons. The number of aromatic nitrogens is 1. The van der Waals surface area contributed by atoms with Crippen molar-refractivity contribution < 1.29 is 14.3 Å². The van der Waals surface area contributed by atoms with Gasteiger partial charge in [0.2, 0.25) is 0 Å². The number of hydrogen-bond donors (Lipinski definition) is 1. The number of carbonyl (C=O) groups is 1. The number of aromatic amines is 1. The standard InChI is InChI=1S/C18H19ClN2O3/c1-2-23-18(22)16-10-14-9-12(3-4-15(14)21-16)13-5-8-24-17(11-13)20-7-6-19/h3-4,9-10,13,17H,2,5-6,8,11H2,1H3/p+1. The number of fused-ring (bicyclic) bond motifs is 1. The molecule has 2 aromatic rings. The van der Waals surface area contributed by atoms with Gasteiger partial charge in [-0.1, -0.05) is 6.07 Å². The van der Waals surface area contributed by atoms with Crippen LogP contribution in [0.25, 0.3) is 15.7 Å². The molecule has 1 saturated heterocycles. The third-order valence-electron chi connectivity index (χ3n) is 4.17. The average molecular weight is 348 g/mol. The van der Waals surface area contributed by atoms with Crippen molar-refractivity contribution >= 4 is 28.5 Å². The summed E-state index contributed by atoms with van der Waals surface area (Å²) in [5.41, 5.74) is 2.64. The molecule has 5 nitrogen and oxygen atoms in total. The lowest BCUT2D eigenvalue weighted by Gasteiger charge is -2.21. The van der Waals surface area contributed by atoms with Crippen molar-refractivity contribution in [3.63, 3.8) is 0 Å². The smallest absolute Gasteiger partial charge is 0.377 e. The van der Waals surface area contributed by atoms with Gasteiger partial charge in [-0.3, -0.25) is 0 Å². The summed E-state index contributed by atoms with van der Waals surface area (Å²) >= 11 is 5.59. The number of nitrogens with zero attached hydrogens (tertiary/aromatic N) is 1. The molecule has 126 valence electrons. The topological polar surface area (TPSA) is 55.7 Å². The van der Waals surface area contributed by atoms with E-state index in [1.165, 1.54) is 5.56 Å². The molecule has 1 N–H and O–H groups in total. The molecule has 6 heteroatoms. The van der Waals surface area contributed by atoms with E-state index in [1.807, 2.05) is 12.1 Å². The fourth-order valence-electron chi connectivity index (χ4n) is 3.03. The maximum Gasteiger partial charge on any atom is 0.377 e. The SMILES string of the molecule is CCOC(=O)c1cc2cc(C3CCOC([N+]#CCCl)C3)ccc2[nH]1. The zero-order valence-electron chi connectivity index (χ0n) is 13.5. The van der Waals surface area contributed by atoms with Crippen LogP contribution in [0.4, 0.5) is 0 Å². The number of alkyl halides is 1. The highest BCUT2D eigenvalue weighted by atomic mass is 35.5. The Balaban J connectivity index is 1.81. The molecular formula is C18H20ClN2O3+. The van der Waals surface area contributed by atoms with Crippen molar-refractivity contribution in [2.75, 3.05) is 19.1 Å². The summed E-state index contributed by atoms with van der Waals surface area (Å²) in [6.45, 7) is 2.83. The predicted molar refractivity (Wildman–Crippen MR) is 93.9 cm³/mol. The molecule has 1 aliphatic heterocycles. The lowest BCUT2D eigenvalue weighted by molar-refractivity contribution is 0.0349. The van der Waals surface area contributed by atoms with Gasteiger partial charge in [0.1, 0.15) is 5.69 Å². The monoisotopic (exact) mass is 347 g/mol. The van der Waals surface area contributed by atoms with Gasteiger partial charge in [-0.25, -0.2) is 4.79 Å². The Kier molecular flexibility index (Phi) is 5.39. The first kappa shape index (κ1) is 16.8. The number of halogens is 1. The molecule has 3 rings (SSSR count). The second kappa shape index (κ2) is 7.69. The van der Waals surface area contributed by atoms with Crippen molar-refractivity contribution in [2.45, 2.75) is 31.9 Å². The van der Waals surface area contributed by atoms with Gasteiger partial charge in [0.25, 0.3) is 6.07 Å². The summed E-state index contributed by atoms with van der Waals surface area (Å²) in [6, 6.07) is 10.8. The minimum absolute atomic E-state index is 0.181. The molecule has 1 aromatic heterocycles. The Morgan fingerprint density at radius 3 is 3.17 bits per heavy atom. The van der Waals surface area contributed by atoms with Gasteiger partial charge in [0.15, 0.2) is 5.88 Å². The normalized spacial score (nSPS) is 20.4. The van der Waals surface area contributed by atoms with Gasteiger partial charge in [0, 0.05) is 10.9 Å². The fraction of sp³-hybridized carbons (Fsp3) is 0.444. The third-order valence-corrected chi connectivity index (χ3v) is 4.29. The zero-order chi connectivity index (χ0) is 16.9. The van der Waals surface area contributed by atoms with Crippen molar-refractivity contribution in [3.8, 4) is 6.07 Å². The molecule has 2 unspecified atom stereocenters. The molecule has 2 atom stereocenters. The second-order valence-corrected chi connectivity index (χ2v) is 5.99. The Bertz CT molecular complexity index is 790. The maximum absolute atomic E-state index is 11.8. The van der Waals surface area contributed by atoms with Gasteiger partial charge < -0.3 is 14.5 Å². The molecule has 1 fully saturated rings. The first-order valence-corrected chi connectivity index (χ1v) is 8.64. The molecule has 2 heterocycles. The number of carbonyl (C=O) groups excluding carboxylic acids is 1. The van der Waals surface area contributed by atoms with E-state index in [9.17, 15) is 4.79 Å². The Hall–Kier alpha value is -2.03. The summed E-state index contributed by atoms with van der Waals surface area (Å²) in [5.74, 6) is 0.318. The molecule has 0 saturated carbocycles. The van der Waals surface area contributed by atoms with E-state index < -0.39 is 0 Å². The van der Waals surface area contributed by atoms with Crippen molar-refractivity contribution in [1.29, 1.82) is 0 Å². The number of hydrogen-bond acceptors (Lipinski definition) is 3. The summed E-state index contributed by atoms with van der Waals surface area (Å²) in [6.07, 6.45) is 1.58. The molecule has 1 aliphatic rings. The van der Waals surface area contributed by atoms with E-state index in [1.54, 1.807) is 6.92 Å². The van der Waals surface area contributed by atoms with E-state index in [2.05, 4.69) is 28.0 Å². The molecule has 0 amide bonds. The van der Waals surface area contributed by atoms with Gasteiger partial charge in [0.05, 0.1) is 19.6 Å². The zero-order valence-corrected chi connectivity index (χ0v) is 14.3. The Labute approximate surface area is 145 Å². The van der Waals surface area contributed by atoms with Crippen LogP contribution < -0.4 is 0 Å². The lowest BCUT2D eigenvalue weighted by Crippen LogP contribution is -2.21. The number of benzene rings is 1. The molecule has 1 aromatic carbocycles. The highest BCUT2D eigenvalue weighted by molar-refractivity contribution is 6.19. The van der Waals surface area contributed by atoms with Crippen LogP contribution in [0.5, 0.6) is 0 Å². The largest absolute Gasteiger partial charge is 0.461 e. The first-order chi connectivity index (χ1) is 11.7. The Morgan fingerprint density at radius 2 is 2.38 bits per heavy atom. The maximum atomic E-state index is 11.8. The van der Waals surface area contributed by atoms with E-state index in [4.69, 9.17) is 21.1 Å². The number of nitrogens with one attached hydrogen (secondary N) is 1.